The summed E-state index contributed by atoms with van der Waals surface area (Å²) in [5.41, 5.74) is 1.52. The van der Waals surface area contributed by atoms with Crippen LogP contribution < -0.4 is 5.32 Å². The number of rotatable bonds is 7. The van der Waals surface area contributed by atoms with Gasteiger partial charge in [-0.05, 0) is 37.5 Å². The van der Waals surface area contributed by atoms with Gasteiger partial charge in [0, 0.05) is 6.04 Å². The fourth-order valence-corrected chi connectivity index (χ4v) is 4.93. The molecule has 3 aromatic rings. The monoisotopic (exact) mass is 438 g/mol. The van der Waals surface area contributed by atoms with Crippen molar-refractivity contribution in [2.45, 2.75) is 56.3 Å². The second kappa shape index (κ2) is 10.1. The summed E-state index contributed by atoms with van der Waals surface area (Å²) in [7, 11) is 0. The molecule has 1 saturated carbocycles. The summed E-state index contributed by atoms with van der Waals surface area (Å²) < 4.78 is 16.6. The molecule has 31 heavy (non-hydrogen) atoms. The first-order valence-corrected chi connectivity index (χ1v) is 11.8. The van der Waals surface area contributed by atoms with Crippen LogP contribution in [0.5, 0.6) is 0 Å². The second-order valence-corrected chi connectivity index (χ2v) is 8.88. The van der Waals surface area contributed by atoms with E-state index in [1.54, 1.807) is 12.1 Å². The minimum Gasteiger partial charge on any atom is -0.349 e. The Morgan fingerprint density at radius 3 is 2.55 bits per heavy atom. The molecule has 1 atom stereocenters. The Morgan fingerprint density at radius 1 is 1.10 bits per heavy atom. The van der Waals surface area contributed by atoms with Crippen molar-refractivity contribution >= 4 is 17.7 Å². The van der Waals surface area contributed by atoms with Crippen molar-refractivity contribution in [1.29, 1.82) is 0 Å². The number of nitrogens with one attached hydrogen (secondary N) is 1. The molecule has 0 unspecified atom stereocenters. The van der Waals surface area contributed by atoms with Crippen LogP contribution in [0.15, 0.2) is 59.8 Å². The summed E-state index contributed by atoms with van der Waals surface area (Å²) in [5.74, 6) is 0.412. The van der Waals surface area contributed by atoms with Crippen LogP contribution >= 0.6 is 11.8 Å². The lowest BCUT2D eigenvalue weighted by Crippen LogP contribution is -2.28. The van der Waals surface area contributed by atoms with Crippen molar-refractivity contribution in [2.24, 2.45) is 0 Å². The molecule has 1 aliphatic rings. The zero-order valence-electron chi connectivity index (χ0n) is 17.6. The summed E-state index contributed by atoms with van der Waals surface area (Å²) in [6.45, 7) is 1.97. The Hall–Kier alpha value is -2.67. The molecular weight excluding hydrogens is 411 g/mol. The standard InChI is InChI=1S/C24H27FN4OS/c1-17(18-10-4-2-5-11-18)26-22(30)16-31-24-28-27-23(20-14-8-9-15-21(20)25)29(24)19-12-6-3-7-13-19/h2,4-5,8-11,14-15,17,19H,3,6-7,12-13,16H2,1H3,(H,26,30)/t17-/m0/s1. The van der Waals surface area contributed by atoms with Gasteiger partial charge in [-0.25, -0.2) is 4.39 Å². The van der Waals surface area contributed by atoms with E-state index in [9.17, 15) is 9.18 Å². The van der Waals surface area contributed by atoms with Crippen LogP contribution in [0, 0.1) is 5.82 Å². The molecule has 1 fully saturated rings. The Balaban J connectivity index is 1.51. The topological polar surface area (TPSA) is 59.8 Å². The number of hydrogen-bond donors (Lipinski definition) is 1. The van der Waals surface area contributed by atoms with Gasteiger partial charge in [-0.3, -0.25) is 9.36 Å². The largest absolute Gasteiger partial charge is 0.349 e. The van der Waals surface area contributed by atoms with Gasteiger partial charge in [0.2, 0.25) is 5.91 Å². The first-order valence-electron chi connectivity index (χ1n) is 10.8. The Labute approximate surface area is 186 Å². The summed E-state index contributed by atoms with van der Waals surface area (Å²) in [6.07, 6.45) is 5.53. The van der Waals surface area contributed by atoms with E-state index in [2.05, 4.69) is 20.1 Å². The average molecular weight is 439 g/mol. The average Bonchev–Trinajstić information content (AvgIpc) is 3.23. The zero-order chi connectivity index (χ0) is 21.6. The Bertz CT molecular complexity index is 1020. The molecule has 0 radical (unpaired) electrons. The maximum atomic E-state index is 14.5. The number of hydrogen-bond acceptors (Lipinski definition) is 4. The van der Waals surface area contributed by atoms with E-state index in [-0.39, 0.29) is 29.6 Å². The van der Waals surface area contributed by atoms with Crippen molar-refractivity contribution in [2.75, 3.05) is 5.75 Å². The molecular formula is C24H27FN4OS. The molecule has 7 heteroatoms. The summed E-state index contributed by atoms with van der Waals surface area (Å²) in [6, 6.07) is 16.7. The Morgan fingerprint density at radius 2 is 1.81 bits per heavy atom. The van der Waals surface area contributed by atoms with Crippen LogP contribution in [0.3, 0.4) is 0 Å². The molecule has 2 aromatic carbocycles. The quantitative estimate of drug-likeness (QED) is 0.491. The lowest BCUT2D eigenvalue weighted by atomic mass is 9.95. The van der Waals surface area contributed by atoms with Gasteiger partial charge in [0.25, 0.3) is 0 Å². The second-order valence-electron chi connectivity index (χ2n) is 7.94. The molecule has 4 rings (SSSR count). The minimum absolute atomic E-state index is 0.0630. The highest BCUT2D eigenvalue weighted by Crippen LogP contribution is 2.36. The fraction of sp³-hybridized carbons (Fsp3) is 0.375. The number of halogens is 1. The van der Waals surface area contributed by atoms with Crippen molar-refractivity contribution < 1.29 is 9.18 Å². The molecule has 0 aliphatic heterocycles. The van der Waals surface area contributed by atoms with Gasteiger partial charge in [0.05, 0.1) is 17.4 Å². The lowest BCUT2D eigenvalue weighted by molar-refractivity contribution is -0.119. The zero-order valence-corrected chi connectivity index (χ0v) is 18.4. The normalized spacial score (nSPS) is 15.5. The van der Waals surface area contributed by atoms with Crippen molar-refractivity contribution in [3.05, 3.63) is 66.0 Å². The van der Waals surface area contributed by atoms with Crippen LogP contribution in [-0.4, -0.2) is 26.4 Å². The lowest BCUT2D eigenvalue weighted by Gasteiger charge is -2.25. The third-order valence-electron chi connectivity index (χ3n) is 5.73. The van der Waals surface area contributed by atoms with Gasteiger partial charge in [0.15, 0.2) is 11.0 Å². The van der Waals surface area contributed by atoms with Crippen LogP contribution in [-0.2, 0) is 4.79 Å². The van der Waals surface area contributed by atoms with Crippen LogP contribution in [0.4, 0.5) is 4.39 Å². The molecule has 1 aromatic heterocycles. The highest BCUT2D eigenvalue weighted by molar-refractivity contribution is 7.99. The molecule has 0 saturated heterocycles. The molecule has 1 amide bonds. The van der Waals surface area contributed by atoms with Crippen LogP contribution in [0.2, 0.25) is 0 Å². The molecule has 5 nitrogen and oxygen atoms in total. The van der Waals surface area contributed by atoms with E-state index < -0.39 is 0 Å². The minimum atomic E-state index is -0.307. The highest BCUT2D eigenvalue weighted by atomic mass is 32.2. The number of aromatic nitrogens is 3. The predicted molar refractivity (Wildman–Crippen MR) is 121 cm³/mol. The van der Waals surface area contributed by atoms with Crippen molar-refractivity contribution in [3.8, 4) is 11.4 Å². The van der Waals surface area contributed by atoms with E-state index in [0.717, 1.165) is 31.2 Å². The van der Waals surface area contributed by atoms with Gasteiger partial charge >= 0.3 is 0 Å². The van der Waals surface area contributed by atoms with E-state index in [0.29, 0.717) is 16.5 Å². The van der Waals surface area contributed by atoms with Gasteiger partial charge < -0.3 is 5.32 Å². The van der Waals surface area contributed by atoms with E-state index in [1.807, 2.05) is 43.3 Å². The third kappa shape index (κ3) is 5.15. The summed E-state index contributed by atoms with van der Waals surface area (Å²) in [4.78, 5) is 12.6. The number of thioether (sulfide) groups is 1. The number of carbonyl (C=O) groups excluding carboxylic acids is 1. The number of carbonyl (C=O) groups is 1. The molecule has 0 bridgehead atoms. The maximum absolute atomic E-state index is 14.5. The van der Waals surface area contributed by atoms with Gasteiger partial charge in [0.1, 0.15) is 5.82 Å². The Kier molecular flexibility index (Phi) is 7.02. The fourth-order valence-electron chi connectivity index (χ4n) is 4.11. The van der Waals surface area contributed by atoms with Gasteiger partial charge in [-0.2, -0.15) is 0 Å². The SMILES string of the molecule is C[C@H](NC(=O)CSc1nnc(-c2ccccc2F)n1C1CCCCC1)c1ccccc1. The smallest absolute Gasteiger partial charge is 0.230 e. The van der Waals surface area contributed by atoms with Crippen LogP contribution in [0.25, 0.3) is 11.4 Å². The molecule has 162 valence electrons. The molecule has 0 spiro atoms. The van der Waals surface area contributed by atoms with E-state index in [1.165, 1.54) is 24.2 Å². The molecule has 1 heterocycles. The van der Waals surface area contributed by atoms with Crippen LogP contribution in [0.1, 0.15) is 56.7 Å². The first-order chi connectivity index (χ1) is 15.1. The predicted octanol–water partition coefficient (Wildman–Crippen LogP) is 5.56. The third-order valence-corrected chi connectivity index (χ3v) is 6.67. The molecule has 1 aliphatic carbocycles. The van der Waals surface area contributed by atoms with E-state index in [4.69, 9.17) is 0 Å². The highest BCUT2D eigenvalue weighted by Gasteiger charge is 2.25. The first kappa shape index (κ1) is 21.6. The van der Waals surface area contributed by atoms with Crippen molar-refractivity contribution in [3.63, 3.8) is 0 Å². The number of nitrogens with zero attached hydrogens (tertiary/aromatic N) is 3. The number of amides is 1. The molecule has 1 N–H and O–H groups in total. The maximum Gasteiger partial charge on any atom is 0.230 e. The summed E-state index contributed by atoms with van der Waals surface area (Å²) in [5, 5.41) is 12.4. The van der Waals surface area contributed by atoms with Gasteiger partial charge in [-0.1, -0.05) is 73.5 Å². The van der Waals surface area contributed by atoms with E-state index >= 15 is 0 Å². The van der Waals surface area contributed by atoms with Gasteiger partial charge in [-0.15, -0.1) is 10.2 Å². The number of benzene rings is 2. The summed E-state index contributed by atoms with van der Waals surface area (Å²) >= 11 is 1.36. The van der Waals surface area contributed by atoms with Crippen molar-refractivity contribution in [1.82, 2.24) is 20.1 Å².